The van der Waals surface area contributed by atoms with Gasteiger partial charge in [0.15, 0.2) is 0 Å². The van der Waals surface area contributed by atoms with Crippen LogP contribution >= 0.6 is 0 Å². The highest BCUT2D eigenvalue weighted by Crippen LogP contribution is 2.23. The zero-order valence-corrected chi connectivity index (χ0v) is 14.5. The maximum atomic E-state index is 12.9. The van der Waals surface area contributed by atoms with Crippen LogP contribution in [0.25, 0.3) is 0 Å². The number of carbonyl (C=O) groups excluding carboxylic acids is 2. The topological polar surface area (TPSA) is 55.8 Å². The van der Waals surface area contributed by atoms with Crippen molar-refractivity contribution in [2.24, 2.45) is 5.92 Å². The van der Waals surface area contributed by atoms with E-state index in [1.54, 1.807) is 0 Å². The zero-order valence-electron chi connectivity index (χ0n) is 14.5. The number of benzene rings is 1. The average Bonchev–Trinajstić information content (AvgIpc) is 2.93. The molecule has 0 aliphatic carbocycles. The van der Waals surface area contributed by atoms with E-state index in [1.807, 2.05) is 51.1 Å². The molecule has 5 nitrogen and oxygen atoms in total. The number of nitrogens with zero attached hydrogens (tertiary/aromatic N) is 1. The van der Waals surface area contributed by atoms with Gasteiger partial charge in [0.2, 0.25) is 0 Å². The van der Waals surface area contributed by atoms with Crippen LogP contribution in [-0.2, 0) is 20.9 Å². The van der Waals surface area contributed by atoms with Gasteiger partial charge in [-0.15, -0.1) is 6.58 Å². The minimum atomic E-state index is -0.741. The van der Waals surface area contributed by atoms with E-state index < -0.39 is 12.2 Å². The van der Waals surface area contributed by atoms with Gasteiger partial charge in [0.25, 0.3) is 5.91 Å². The molecule has 0 saturated carbocycles. The van der Waals surface area contributed by atoms with Crippen LogP contribution < -0.4 is 0 Å². The minimum absolute atomic E-state index is 0.125. The number of hydrogen-bond acceptors (Lipinski definition) is 4. The fourth-order valence-electron chi connectivity index (χ4n) is 2.64. The number of rotatable bonds is 7. The van der Waals surface area contributed by atoms with Crippen molar-refractivity contribution in [3.63, 3.8) is 0 Å². The maximum absolute atomic E-state index is 12.9. The van der Waals surface area contributed by atoms with Crippen molar-refractivity contribution in [1.29, 1.82) is 0 Å². The van der Waals surface area contributed by atoms with Crippen molar-refractivity contribution >= 4 is 12.0 Å². The highest BCUT2D eigenvalue weighted by Gasteiger charge is 2.42. The van der Waals surface area contributed by atoms with E-state index in [1.165, 1.54) is 4.90 Å². The van der Waals surface area contributed by atoms with Gasteiger partial charge in [0.1, 0.15) is 12.7 Å². The van der Waals surface area contributed by atoms with Crippen molar-refractivity contribution in [1.82, 2.24) is 4.90 Å². The summed E-state index contributed by atoms with van der Waals surface area (Å²) < 4.78 is 10.9. The van der Waals surface area contributed by atoms with Crippen LogP contribution in [0.2, 0.25) is 0 Å². The molecule has 1 heterocycles. The van der Waals surface area contributed by atoms with E-state index in [0.717, 1.165) is 11.1 Å². The maximum Gasteiger partial charge on any atom is 0.417 e. The Balaban J connectivity index is 2.12. The number of hydrogen-bond donors (Lipinski definition) is 0. The van der Waals surface area contributed by atoms with Crippen LogP contribution in [0.4, 0.5) is 4.79 Å². The summed E-state index contributed by atoms with van der Waals surface area (Å²) in [6.45, 7) is 10.2. The molecule has 1 aromatic carbocycles. The molecule has 1 saturated heterocycles. The number of ether oxygens (including phenoxy) is 2. The normalized spacial score (nSPS) is 18.6. The quantitative estimate of drug-likeness (QED) is 0.717. The summed E-state index contributed by atoms with van der Waals surface area (Å²) >= 11 is 0. The SMILES string of the molecule is C=C(C)C[C@@H](OCc1ccccc1)C(=O)N1C(=O)OC[C@@H]1C(C)C. The second-order valence-electron chi connectivity index (χ2n) is 6.54. The summed E-state index contributed by atoms with van der Waals surface area (Å²) in [6.07, 6.45) is -0.955. The van der Waals surface area contributed by atoms with Crippen LogP contribution in [0.5, 0.6) is 0 Å². The van der Waals surface area contributed by atoms with E-state index in [-0.39, 0.29) is 24.5 Å². The van der Waals surface area contributed by atoms with Crippen LogP contribution in [0.1, 0.15) is 32.8 Å². The van der Waals surface area contributed by atoms with Crippen LogP contribution in [0.15, 0.2) is 42.5 Å². The van der Waals surface area contributed by atoms with Crippen LogP contribution in [0.3, 0.4) is 0 Å². The van der Waals surface area contributed by atoms with Gasteiger partial charge in [-0.25, -0.2) is 9.69 Å². The Bertz CT molecular complexity index is 597. The van der Waals surface area contributed by atoms with Gasteiger partial charge in [-0.05, 0) is 18.4 Å². The van der Waals surface area contributed by atoms with Crippen molar-refractivity contribution < 1.29 is 19.1 Å². The van der Waals surface area contributed by atoms with Gasteiger partial charge in [-0.2, -0.15) is 0 Å². The lowest BCUT2D eigenvalue weighted by molar-refractivity contribution is -0.143. The molecule has 1 fully saturated rings. The smallest absolute Gasteiger partial charge is 0.417 e. The molecular formula is C19H25NO4. The highest BCUT2D eigenvalue weighted by molar-refractivity contribution is 5.96. The van der Waals surface area contributed by atoms with Crippen molar-refractivity contribution in [2.45, 2.75) is 45.9 Å². The first kappa shape index (κ1) is 18.2. The number of amides is 2. The first-order valence-corrected chi connectivity index (χ1v) is 8.20. The molecule has 0 aromatic heterocycles. The summed E-state index contributed by atoms with van der Waals surface area (Å²) in [5.74, 6) is -0.227. The number of carbonyl (C=O) groups is 2. The van der Waals surface area contributed by atoms with Gasteiger partial charge < -0.3 is 9.47 Å². The molecule has 24 heavy (non-hydrogen) atoms. The molecule has 0 N–H and O–H groups in total. The second kappa shape index (κ2) is 8.11. The van der Waals surface area contributed by atoms with Crippen LogP contribution in [0, 0.1) is 5.92 Å². The van der Waals surface area contributed by atoms with E-state index in [2.05, 4.69) is 6.58 Å². The van der Waals surface area contributed by atoms with Crippen molar-refractivity contribution in [3.05, 3.63) is 48.0 Å². The van der Waals surface area contributed by atoms with E-state index in [4.69, 9.17) is 9.47 Å². The Kier molecular flexibility index (Phi) is 6.15. The van der Waals surface area contributed by atoms with E-state index in [9.17, 15) is 9.59 Å². The predicted molar refractivity (Wildman–Crippen MR) is 91.3 cm³/mol. The van der Waals surface area contributed by atoms with Crippen LogP contribution in [-0.4, -0.2) is 35.7 Å². The molecule has 0 radical (unpaired) electrons. The average molecular weight is 331 g/mol. The summed E-state index contributed by atoms with van der Waals surface area (Å²) in [5, 5.41) is 0. The van der Waals surface area contributed by atoms with E-state index >= 15 is 0 Å². The first-order valence-electron chi connectivity index (χ1n) is 8.20. The summed E-state index contributed by atoms with van der Waals surface area (Å²) in [5.41, 5.74) is 1.80. The Morgan fingerprint density at radius 3 is 2.62 bits per heavy atom. The molecule has 1 aliphatic heterocycles. The standard InChI is InChI=1S/C19H25NO4/c1-13(2)10-17(23-11-15-8-6-5-7-9-15)18(21)20-16(14(3)4)12-24-19(20)22/h5-9,14,16-17H,1,10-12H2,2-4H3/t16-,17-/m1/s1. The molecule has 2 atom stereocenters. The lowest BCUT2D eigenvalue weighted by Crippen LogP contribution is -2.47. The fraction of sp³-hybridized carbons (Fsp3) is 0.474. The predicted octanol–water partition coefficient (Wildman–Crippen LogP) is 3.54. The summed E-state index contributed by atoms with van der Waals surface area (Å²) in [4.78, 5) is 26.1. The summed E-state index contributed by atoms with van der Waals surface area (Å²) in [7, 11) is 0. The zero-order chi connectivity index (χ0) is 17.7. The van der Waals surface area contributed by atoms with Gasteiger partial charge in [-0.3, -0.25) is 4.79 Å². The minimum Gasteiger partial charge on any atom is -0.447 e. The molecule has 2 amide bonds. The molecule has 130 valence electrons. The van der Waals surface area contributed by atoms with Gasteiger partial charge in [0.05, 0.1) is 12.6 Å². The second-order valence-corrected chi connectivity index (χ2v) is 6.54. The van der Waals surface area contributed by atoms with Gasteiger partial charge >= 0.3 is 6.09 Å². The van der Waals surface area contributed by atoms with E-state index in [0.29, 0.717) is 13.0 Å². The molecule has 1 aromatic rings. The molecule has 0 bridgehead atoms. The third-order valence-electron chi connectivity index (χ3n) is 4.02. The Labute approximate surface area is 143 Å². The highest BCUT2D eigenvalue weighted by atomic mass is 16.6. The van der Waals surface area contributed by atoms with Gasteiger partial charge in [0, 0.05) is 6.42 Å². The molecule has 0 unspecified atom stereocenters. The largest absolute Gasteiger partial charge is 0.447 e. The Morgan fingerprint density at radius 1 is 1.38 bits per heavy atom. The Hall–Kier alpha value is -2.14. The lowest BCUT2D eigenvalue weighted by atomic mass is 10.0. The molecular weight excluding hydrogens is 306 g/mol. The number of imide groups is 1. The third-order valence-corrected chi connectivity index (χ3v) is 4.02. The first-order chi connectivity index (χ1) is 11.4. The number of cyclic esters (lactones) is 1. The Morgan fingerprint density at radius 2 is 2.04 bits per heavy atom. The van der Waals surface area contributed by atoms with Crippen molar-refractivity contribution in [2.75, 3.05) is 6.61 Å². The third kappa shape index (κ3) is 4.45. The monoisotopic (exact) mass is 331 g/mol. The van der Waals surface area contributed by atoms with Crippen molar-refractivity contribution in [3.8, 4) is 0 Å². The fourth-order valence-corrected chi connectivity index (χ4v) is 2.64. The molecule has 1 aliphatic rings. The summed E-state index contributed by atoms with van der Waals surface area (Å²) in [6, 6.07) is 9.38. The molecule has 2 rings (SSSR count). The molecule has 0 spiro atoms. The lowest BCUT2D eigenvalue weighted by Gasteiger charge is -2.27. The van der Waals surface area contributed by atoms with Gasteiger partial charge in [-0.1, -0.05) is 49.8 Å². The molecule has 5 heteroatoms.